The van der Waals surface area contributed by atoms with Gasteiger partial charge in [0.2, 0.25) is 6.29 Å². The van der Waals surface area contributed by atoms with E-state index in [1.807, 2.05) is 172 Å². The maximum absolute atomic E-state index is 14.8. The number of phosphoric acid groups is 1. The summed E-state index contributed by atoms with van der Waals surface area (Å²) in [5, 5.41) is 0. The average molecular weight is 1070 g/mol. The highest BCUT2D eigenvalue weighted by atomic mass is 31.2. The lowest BCUT2D eigenvalue weighted by molar-refractivity contribution is -0.369. The van der Waals surface area contributed by atoms with Crippen molar-refractivity contribution in [3.63, 3.8) is 0 Å². The third kappa shape index (κ3) is 18.0. The van der Waals surface area contributed by atoms with E-state index in [1.54, 1.807) is 20.8 Å². The zero-order chi connectivity index (χ0) is 53.6. The van der Waals surface area contributed by atoms with Gasteiger partial charge in [-0.05, 0) is 67.9 Å². The molecule has 4 unspecified atom stereocenters. The molecule has 15 heteroatoms. The fraction of sp³-hybridized carbons (Fsp3) is 0.492. The molecular formula is C61H79O14P. The molecule has 412 valence electrons. The number of hydrogen-bond acceptors (Lipinski definition) is 14. The molecule has 0 saturated carbocycles. The van der Waals surface area contributed by atoms with Crippen molar-refractivity contribution >= 4 is 13.8 Å². The van der Waals surface area contributed by atoms with Gasteiger partial charge >= 0.3 is 13.8 Å². The van der Waals surface area contributed by atoms with Gasteiger partial charge in [-0.2, -0.15) is 0 Å². The molecule has 0 amide bonds. The van der Waals surface area contributed by atoms with Crippen LogP contribution in [0.3, 0.4) is 0 Å². The van der Waals surface area contributed by atoms with Gasteiger partial charge in [0.25, 0.3) is 0 Å². The quantitative estimate of drug-likeness (QED) is 0.0244. The van der Waals surface area contributed by atoms with E-state index in [0.29, 0.717) is 25.9 Å². The van der Waals surface area contributed by atoms with E-state index in [-0.39, 0.29) is 46.2 Å². The first-order valence-electron chi connectivity index (χ1n) is 27.0. The molecule has 2 aliphatic rings. The van der Waals surface area contributed by atoms with E-state index in [0.717, 1.165) is 40.7 Å². The number of carbonyl (C=O) groups is 1. The van der Waals surface area contributed by atoms with Crippen LogP contribution in [0, 0.1) is 5.41 Å². The second kappa shape index (κ2) is 30.5. The summed E-state index contributed by atoms with van der Waals surface area (Å²) < 4.78 is 95.7. The molecule has 2 aliphatic heterocycles. The summed E-state index contributed by atoms with van der Waals surface area (Å²) in [5.74, 6) is -0.597. The molecule has 2 saturated heterocycles. The monoisotopic (exact) mass is 1070 g/mol. The van der Waals surface area contributed by atoms with Crippen LogP contribution in [0.15, 0.2) is 152 Å². The Hall–Kier alpha value is -4.64. The zero-order valence-electron chi connectivity index (χ0n) is 45.1. The van der Waals surface area contributed by atoms with Crippen LogP contribution in [0.4, 0.5) is 0 Å². The van der Waals surface area contributed by atoms with Crippen molar-refractivity contribution in [1.82, 2.24) is 0 Å². The van der Waals surface area contributed by atoms with Gasteiger partial charge < -0.3 is 42.6 Å². The van der Waals surface area contributed by atoms with Crippen molar-refractivity contribution < 1.29 is 65.6 Å². The highest BCUT2D eigenvalue weighted by Crippen LogP contribution is 2.53. The van der Waals surface area contributed by atoms with Crippen LogP contribution in [0.2, 0.25) is 0 Å². The van der Waals surface area contributed by atoms with Crippen molar-refractivity contribution in [3.05, 3.63) is 179 Å². The highest BCUT2D eigenvalue weighted by Gasteiger charge is 2.57. The second-order valence-electron chi connectivity index (χ2n) is 20.2. The van der Waals surface area contributed by atoms with E-state index in [2.05, 4.69) is 0 Å². The average Bonchev–Trinajstić information content (AvgIpc) is 3.48. The third-order valence-corrected chi connectivity index (χ3v) is 14.5. The molecule has 0 N–H and O–H groups in total. The largest absolute Gasteiger partial charge is 0.477 e. The van der Waals surface area contributed by atoms with Gasteiger partial charge in [0.05, 0.1) is 64.4 Å². The van der Waals surface area contributed by atoms with E-state index in [4.69, 9.17) is 56.2 Å². The number of rotatable bonds is 30. The fourth-order valence-corrected chi connectivity index (χ4v) is 10.0. The first-order chi connectivity index (χ1) is 37.0. The van der Waals surface area contributed by atoms with Crippen molar-refractivity contribution in [2.24, 2.45) is 5.41 Å². The van der Waals surface area contributed by atoms with Gasteiger partial charge in [0, 0.05) is 0 Å². The smallest absolute Gasteiger partial charge is 0.454 e. The van der Waals surface area contributed by atoms with Crippen LogP contribution in [0.5, 0.6) is 0 Å². The molecule has 0 bridgehead atoms. The first-order valence-corrected chi connectivity index (χ1v) is 28.4. The van der Waals surface area contributed by atoms with E-state index in [9.17, 15) is 9.36 Å². The minimum absolute atomic E-state index is 0.0612. The molecule has 76 heavy (non-hydrogen) atoms. The topological polar surface area (TPSA) is 145 Å². The molecule has 10 atom stereocenters. The Kier molecular flexibility index (Phi) is 23.7. The predicted molar refractivity (Wildman–Crippen MR) is 288 cm³/mol. The number of carbonyl (C=O) groups excluding carboxylic acids is 1. The molecule has 14 nitrogen and oxygen atoms in total. The normalized spacial score (nSPS) is 24.0. The predicted octanol–water partition coefficient (Wildman–Crippen LogP) is 12.5. The Morgan fingerprint density at radius 3 is 1.30 bits per heavy atom. The zero-order valence-corrected chi connectivity index (χ0v) is 46.0. The van der Waals surface area contributed by atoms with E-state index in [1.165, 1.54) is 0 Å². The Morgan fingerprint density at radius 1 is 0.487 bits per heavy atom. The summed E-state index contributed by atoms with van der Waals surface area (Å²) in [5.41, 5.74) is 3.62. The highest BCUT2D eigenvalue weighted by molar-refractivity contribution is 7.48. The molecule has 2 fully saturated rings. The third-order valence-electron chi connectivity index (χ3n) is 13.0. The molecule has 2 heterocycles. The van der Waals surface area contributed by atoms with Gasteiger partial charge in [-0.15, -0.1) is 0 Å². The summed E-state index contributed by atoms with van der Waals surface area (Å²) in [6.07, 6.45) is -7.52. The second-order valence-corrected chi connectivity index (χ2v) is 21.8. The van der Waals surface area contributed by atoms with Gasteiger partial charge in [-0.3, -0.25) is 18.4 Å². The lowest BCUT2D eigenvalue weighted by atomic mass is 9.93. The Bertz CT molecular complexity index is 2420. The lowest BCUT2D eigenvalue weighted by Gasteiger charge is -2.50. The van der Waals surface area contributed by atoms with Crippen LogP contribution in [0.25, 0.3) is 0 Å². The molecule has 5 aromatic carbocycles. The lowest BCUT2D eigenvalue weighted by Crippen LogP contribution is -2.66. The summed E-state index contributed by atoms with van der Waals surface area (Å²) in [6, 6.07) is 49.2. The van der Waals surface area contributed by atoms with Crippen LogP contribution in [-0.4, -0.2) is 87.2 Å². The van der Waals surface area contributed by atoms with Crippen LogP contribution >= 0.6 is 7.82 Å². The van der Waals surface area contributed by atoms with Gasteiger partial charge in [0.1, 0.15) is 36.6 Å². The minimum Gasteiger partial charge on any atom is -0.454 e. The number of ether oxygens (including phenoxy) is 9. The number of phosphoric ester groups is 1. The fourth-order valence-electron chi connectivity index (χ4n) is 8.72. The van der Waals surface area contributed by atoms with Crippen molar-refractivity contribution in [2.45, 2.75) is 168 Å². The number of hydrogen-bond donors (Lipinski definition) is 0. The molecular weight excluding hydrogens is 988 g/mol. The molecule has 7 rings (SSSR count). The Morgan fingerprint density at radius 2 is 0.882 bits per heavy atom. The SMILES string of the molecule is CCCCOP(=O)(OCCCC)O[C@@H]1OC(CC)[C@H](OCc2ccccc2)[C@H](O[C@@H]2OC(COCc3ccccc3)[C@H](OCc3ccccc3)[C@@H](OCc3ccccc3)C2OCc2ccccc2)C1OC(=O)C(C)(C)C. The van der Waals surface area contributed by atoms with Gasteiger partial charge in [0.15, 0.2) is 12.4 Å². The molecule has 0 spiro atoms. The van der Waals surface area contributed by atoms with Crippen LogP contribution < -0.4 is 0 Å². The van der Waals surface area contributed by atoms with Crippen molar-refractivity contribution in [3.8, 4) is 0 Å². The van der Waals surface area contributed by atoms with Crippen molar-refractivity contribution in [2.75, 3.05) is 19.8 Å². The Labute approximate surface area is 450 Å². The maximum Gasteiger partial charge on any atom is 0.477 e. The minimum atomic E-state index is -4.37. The Balaban J connectivity index is 1.35. The number of benzene rings is 5. The standard InChI is InChI=1S/C61H79O14P/c1-7-10-37-69-76(63,70-38-11-8-2)75-59-57(74-60(62)61(4,5)6)55(52(50(9-3)71-59)65-40-46-29-19-13-20-30-46)73-58-56(68-43-49-35-25-16-26-36-49)54(67-42-48-33-23-15-24-34-48)53(66-41-47-31-21-14-22-32-47)51(72-58)44-64-39-45-27-17-12-18-28-45/h12-36,50-59H,7-11,37-44H2,1-6H3/t50?,51?,52-,53-,54+,55-,56?,57?,58-,59-/m0/s1. The van der Waals surface area contributed by atoms with E-state index < -0.39 is 80.6 Å². The van der Waals surface area contributed by atoms with Crippen LogP contribution in [-0.2, 0) is 98.6 Å². The van der Waals surface area contributed by atoms with Crippen LogP contribution in [0.1, 0.15) is 101 Å². The van der Waals surface area contributed by atoms with Gasteiger partial charge in [-0.25, -0.2) is 4.57 Å². The van der Waals surface area contributed by atoms with E-state index >= 15 is 0 Å². The number of unbranched alkanes of at least 4 members (excludes halogenated alkanes) is 2. The molecule has 0 aliphatic carbocycles. The van der Waals surface area contributed by atoms with Gasteiger partial charge in [-0.1, -0.05) is 185 Å². The molecule has 0 aromatic heterocycles. The molecule has 5 aromatic rings. The summed E-state index contributed by atoms with van der Waals surface area (Å²) in [7, 11) is -4.37. The maximum atomic E-state index is 14.8. The first kappa shape index (κ1) is 59.0. The summed E-state index contributed by atoms with van der Waals surface area (Å²) >= 11 is 0. The molecule has 0 radical (unpaired) electrons. The summed E-state index contributed by atoms with van der Waals surface area (Å²) in [6.45, 7) is 12.4. The van der Waals surface area contributed by atoms with Crippen molar-refractivity contribution in [1.29, 1.82) is 0 Å². The summed E-state index contributed by atoms with van der Waals surface area (Å²) in [4.78, 5) is 14.4. The number of esters is 1.